The van der Waals surface area contributed by atoms with Crippen LogP contribution in [0.2, 0.25) is 6.04 Å². The van der Waals surface area contributed by atoms with Gasteiger partial charge in [0.25, 0.3) is 0 Å². The number of hydrogen-bond acceptors (Lipinski definition) is 4. The molecule has 1 saturated heterocycles. The first-order chi connectivity index (χ1) is 8.57. The monoisotopic (exact) mass is 272 g/mol. The minimum Gasteiger partial charge on any atom is -0.395 e. The molecule has 104 valence electrons. The van der Waals surface area contributed by atoms with Gasteiger partial charge in [-0.25, -0.2) is 0 Å². The SMILES string of the molecule is C=CC1(C=C)CCC[Si](OC)(OC)C1(OC)OC. The molecule has 0 aromatic carbocycles. The number of rotatable bonds is 6. The van der Waals surface area contributed by atoms with E-state index in [4.69, 9.17) is 18.3 Å². The average Bonchev–Trinajstić information content (AvgIpc) is 2.45. The van der Waals surface area contributed by atoms with Crippen LogP contribution in [-0.4, -0.2) is 42.4 Å². The lowest BCUT2D eigenvalue weighted by molar-refractivity contribution is -0.224. The highest BCUT2D eigenvalue weighted by atomic mass is 28.4. The molecular formula is C13H24O4Si. The second-order valence-electron chi connectivity index (χ2n) is 4.49. The van der Waals surface area contributed by atoms with Crippen LogP contribution >= 0.6 is 0 Å². The summed E-state index contributed by atoms with van der Waals surface area (Å²) in [6.45, 7) is 7.87. The topological polar surface area (TPSA) is 36.9 Å². The number of hydrogen-bond donors (Lipinski definition) is 0. The van der Waals surface area contributed by atoms with E-state index in [0.717, 1.165) is 18.9 Å². The van der Waals surface area contributed by atoms with Crippen LogP contribution in [0.5, 0.6) is 0 Å². The van der Waals surface area contributed by atoms with E-state index in [9.17, 15) is 0 Å². The van der Waals surface area contributed by atoms with Crippen molar-refractivity contribution in [1.82, 2.24) is 0 Å². The molecule has 0 saturated carbocycles. The first-order valence-electron chi connectivity index (χ1n) is 6.05. The van der Waals surface area contributed by atoms with Gasteiger partial charge in [-0.3, -0.25) is 0 Å². The summed E-state index contributed by atoms with van der Waals surface area (Å²) in [6.07, 6.45) is 5.52. The van der Waals surface area contributed by atoms with Crippen LogP contribution < -0.4 is 0 Å². The van der Waals surface area contributed by atoms with Gasteiger partial charge in [0.15, 0.2) is 0 Å². The summed E-state index contributed by atoms with van der Waals surface area (Å²) in [4.78, 5) is 0. The third-order valence-corrected chi connectivity index (χ3v) is 8.38. The van der Waals surface area contributed by atoms with E-state index in [-0.39, 0.29) is 0 Å². The van der Waals surface area contributed by atoms with Crippen molar-refractivity contribution in [3.63, 3.8) is 0 Å². The molecule has 1 heterocycles. The van der Waals surface area contributed by atoms with Crippen molar-refractivity contribution < 1.29 is 18.3 Å². The van der Waals surface area contributed by atoms with Crippen LogP contribution in [0, 0.1) is 5.41 Å². The third-order valence-electron chi connectivity index (χ3n) is 4.17. The van der Waals surface area contributed by atoms with Gasteiger partial charge in [0.05, 0.1) is 5.41 Å². The van der Waals surface area contributed by atoms with E-state index in [2.05, 4.69) is 13.2 Å². The van der Waals surface area contributed by atoms with Gasteiger partial charge < -0.3 is 18.3 Å². The maximum Gasteiger partial charge on any atom is 0.400 e. The fraction of sp³-hybridized carbons (Fsp3) is 0.692. The lowest BCUT2D eigenvalue weighted by atomic mass is 9.81. The van der Waals surface area contributed by atoms with Crippen molar-refractivity contribution in [2.45, 2.75) is 24.3 Å². The van der Waals surface area contributed by atoms with Gasteiger partial charge in [0, 0.05) is 28.4 Å². The Kier molecular flexibility index (Phi) is 4.91. The van der Waals surface area contributed by atoms with Crippen LogP contribution in [0.25, 0.3) is 0 Å². The minimum absolute atomic E-state index is 0.493. The zero-order chi connectivity index (χ0) is 13.9. The van der Waals surface area contributed by atoms with E-state index >= 15 is 0 Å². The molecule has 0 unspecified atom stereocenters. The molecule has 1 aliphatic heterocycles. The normalized spacial score (nSPS) is 24.4. The molecule has 0 bridgehead atoms. The minimum atomic E-state index is -2.67. The Bertz CT molecular complexity index is 300. The van der Waals surface area contributed by atoms with E-state index in [1.807, 2.05) is 12.2 Å². The standard InChI is InChI=1S/C13H24O4Si/c1-7-12(8-2)10-9-11-18(16-5,17-6)13(12,14-3)15-4/h7-8H,1-2,9-11H2,3-6H3. The highest BCUT2D eigenvalue weighted by Gasteiger charge is 2.69. The van der Waals surface area contributed by atoms with Crippen molar-refractivity contribution in [2.24, 2.45) is 5.41 Å². The number of methoxy groups -OCH3 is 2. The van der Waals surface area contributed by atoms with Crippen LogP contribution in [0.1, 0.15) is 12.8 Å². The third kappa shape index (κ3) is 1.73. The molecule has 0 atom stereocenters. The molecule has 0 aliphatic carbocycles. The van der Waals surface area contributed by atoms with Gasteiger partial charge in [0.2, 0.25) is 5.41 Å². The van der Waals surface area contributed by atoms with Crippen molar-refractivity contribution in [3.05, 3.63) is 25.3 Å². The Balaban J connectivity index is 3.47. The first kappa shape index (κ1) is 15.6. The molecule has 0 N–H and O–H groups in total. The lowest BCUT2D eigenvalue weighted by Gasteiger charge is -2.55. The van der Waals surface area contributed by atoms with E-state index in [0.29, 0.717) is 0 Å². The predicted molar refractivity (Wildman–Crippen MR) is 73.4 cm³/mol. The van der Waals surface area contributed by atoms with Crippen molar-refractivity contribution in [2.75, 3.05) is 28.4 Å². The summed E-state index contributed by atoms with van der Waals surface area (Å²) in [5, 5.41) is 0. The lowest BCUT2D eigenvalue weighted by Crippen LogP contribution is -2.72. The Morgan fingerprint density at radius 2 is 1.50 bits per heavy atom. The summed E-state index contributed by atoms with van der Waals surface area (Å²) in [6, 6.07) is 0.825. The quantitative estimate of drug-likeness (QED) is 0.423. The smallest absolute Gasteiger partial charge is 0.395 e. The van der Waals surface area contributed by atoms with Gasteiger partial charge in [-0.1, -0.05) is 12.2 Å². The van der Waals surface area contributed by atoms with Crippen LogP contribution in [-0.2, 0) is 18.3 Å². The largest absolute Gasteiger partial charge is 0.400 e. The summed E-state index contributed by atoms with van der Waals surface area (Å²) in [7, 11) is 3.88. The molecule has 5 heteroatoms. The molecule has 18 heavy (non-hydrogen) atoms. The van der Waals surface area contributed by atoms with Crippen LogP contribution in [0.4, 0.5) is 0 Å². The summed E-state index contributed by atoms with van der Waals surface area (Å²) < 4.78 is 23.1. The fourth-order valence-corrected chi connectivity index (χ4v) is 6.93. The van der Waals surface area contributed by atoms with Crippen molar-refractivity contribution >= 4 is 8.56 Å². The summed E-state index contributed by atoms with van der Waals surface area (Å²) in [5.41, 5.74) is -1.45. The van der Waals surface area contributed by atoms with Crippen LogP contribution in [0.15, 0.2) is 25.3 Å². The zero-order valence-electron chi connectivity index (χ0n) is 11.8. The van der Waals surface area contributed by atoms with Crippen molar-refractivity contribution in [3.8, 4) is 0 Å². The highest BCUT2D eigenvalue weighted by Crippen LogP contribution is 2.53. The fourth-order valence-electron chi connectivity index (χ4n) is 3.18. The molecule has 1 aliphatic rings. The summed E-state index contributed by atoms with van der Waals surface area (Å²) >= 11 is 0. The second-order valence-corrected chi connectivity index (χ2v) is 7.97. The molecule has 0 aromatic heterocycles. The van der Waals surface area contributed by atoms with Gasteiger partial charge in [-0.05, 0) is 18.9 Å². The van der Waals surface area contributed by atoms with E-state index < -0.39 is 19.4 Å². The average molecular weight is 272 g/mol. The highest BCUT2D eigenvalue weighted by molar-refractivity contribution is 6.70. The molecule has 0 aromatic rings. The Hall–Kier alpha value is -0.463. The maximum atomic E-state index is 5.77. The molecule has 0 spiro atoms. The molecule has 0 radical (unpaired) electrons. The van der Waals surface area contributed by atoms with E-state index in [1.165, 1.54) is 0 Å². The maximum absolute atomic E-state index is 5.77. The van der Waals surface area contributed by atoms with Gasteiger partial charge >= 0.3 is 8.56 Å². The zero-order valence-corrected chi connectivity index (χ0v) is 12.8. The molecule has 4 nitrogen and oxygen atoms in total. The molecule has 0 amide bonds. The van der Waals surface area contributed by atoms with E-state index in [1.54, 1.807) is 28.4 Å². The predicted octanol–water partition coefficient (Wildman–Crippen LogP) is 2.40. The van der Waals surface area contributed by atoms with Gasteiger partial charge in [-0.2, -0.15) is 0 Å². The number of ether oxygens (including phenoxy) is 2. The Morgan fingerprint density at radius 3 is 1.83 bits per heavy atom. The summed E-state index contributed by atoms with van der Waals surface area (Å²) in [5.74, 6) is 0. The Morgan fingerprint density at radius 1 is 1.00 bits per heavy atom. The van der Waals surface area contributed by atoms with Gasteiger partial charge in [-0.15, -0.1) is 13.2 Å². The molecular weight excluding hydrogens is 248 g/mol. The van der Waals surface area contributed by atoms with Crippen molar-refractivity contribution in [1.29, 1.82) is 0 Å². The second kappa shape index (κ2) is 5.67. The van der Waals surface area contributed by atoms with Gasteiger partial charge in [0.1, 0.15) is 0 Å². The van der Waals surface area contributed by atoms with Crippen LogP contribution in [0.3, 0.4) is 0 Å². The first-order valence-corrected chi connectivity index (χ1v) is 8.07. The molecule has 1 rings (SSSR count). The molecule has 1 fully saturated rings. The Labute approximate surface area is 111 Å².